The van der Waals surface area contributed by atoms with Crippen molar-refractivity contribution in [3.63, 3.8) is 0 Å². The van der Waals surface area contributed by atoms with E-state index in [1.54, 1.807) is 25.1 Å². The van der Waals surface area contributed by atoms with Gasteiger partial charge >= 0.3 is 0 Å². The second-order valence-corrected chi connectivity index (χ2v) is 7.71. The summed E-state index contributed by atoms with van der Waals surface area (Å²) in [5.41, 5.74) is 0.916. The number of carbonyl (C=O) groups is 1. The molecule has 29 heavy (non-hydrogen) atoms. The van der Waals surface area contributed by atoms with E-state index >= 15 is 0 Å². The van der Waals surface area contributed by atoms with E-state index in [9.17, 15) is 4.79 Å². The number of furan rings is 1. The van der Waals surface area contributed by atoms with Crippen molar-refractivity contribution in [3.05, 3.63) is 42.7 Å². The lowest BCUT2D eigenvalue weighted by Crippen LogP contribution is -2.31. The first-order valence-electron chi connectivity index (χ1n) is 9.68. The van der Waals surface area contributed by atoms with E-state index in [1.165, 1.54) is 0 Å². The molecule has 0 radical (unpaired) electrons. The predicted octanol–water partition coefficient (Wildman–Crippen LogP) is 4.32. The van der Waals surface area contributed by atoms with Crippen molar-refractivity contribution in [1.82, 2.24) is 20.1 Å². The van der Waals surface area contributed by atoms with Crippen molar-refractivity contribution in [2.75, 3.05) is 12.9 Å². The molecule has 0 saturated heterocycles. The third-order valence-electron chi connectivity index (χ3n) is 4.50. The van der Waals surface area contributed by atoms with Gasteiger partial charge in [0.2, 0.25) is 11.7 Å². The first kappa shape index (κ1) is 21.0. The van der Waals surface area contributed by atoms with Crippen molar-refractivity contribution < 1.29 is 13.9 Å². The molecule has 0 fully saturated rings. The van der Waals surface area contributed by atoms with Crippen LogP contribution in [0, 0.1) is 0 Å². The smallest absolute Gasteiger partial charge is 0.220 e. The number of benzene rings is 1. The lowest BCUT2D eigenvalue weighted by Gasteiger charge is -2.11. The number of hydrogen-bond donors (Lipinski definition) is 1. The van der Waals surface area contributed by atoms with Crippen molar-refractivity contribution in [2.45, 2.75) is 44.3 Å². The summed E-state index contributed by atoms with van der Waals surface area (Å²) in [4.78, 5) is 12.0. The fourth-order valence-electron chi connectivity index (χ4n) is 2.74. The maximum atomic E-state index is 12.0. The Morgan fingerprint density at radius 2 is 2.07 bits per heavy atom. The molecule has 2 aromatic heterocycles. The van der Waals surface area contributed by atoms with Crippen LogP contribution in [0.25, 0.3) is 17.3 Å². The minimum atomic E-state index is 0.0906. The zero-order valence-corrected chi connectivity index (χ0v) is 17.7. The standard InChI is InChI=1S/C21H26N4O3S/c1-4-15(2)22-19(26)8-6-14-29-21-24-23-20(18-7-5-13-28-18)25(21)16-9-11-17(27-3)12-10-16/h5,7,9-13,15H,4,6,8,14H2,1-3H3,(H,22,26). The van der Waals surface area contributed by atoms with Crippen LogP contribution < -0.4 is 10.1 Å². The van der Waals surface area contributed by atoms with Gasteiger partial charge < -0.3 is 14.5 Å². The zero-order valence-electron chi connectivity index (χ0n) is 16.9. The van der Waals surface area contributed by atoms with Crippen LogP contribution >= 0.6 is 11.8 Å². The summed E-state index contributed by atoms with van der Waals surface area (Å²) in [5, 5.41) is 12.4. The lowest BCUT2D eigenvalue weighted by atomic mass is 10.2. The zero-order chi connectivity index (χ0) is 20.6. The van der Waals surface area contributed by atoms with Gasteiger partial charge in [0.05, 0.1) is 19.1 Å². The van der Waals surface area contributed by atoms with E-state index < -0.39 is 0 Å². The summed E-state index contributed by atoms with van der Waals surface area (Å²) in [7, 11) is 1.64. The number of rotatable bonds is 10. The van der Waals surface area contributed by atoms with Gasteiger partial charge in [-0.2, -0.15) is 0 Å². The Balaban J connectivity index is 1.72. The van der Waals surface area contributed by atoms with Gasteiger partial charge in [-0.15, -0.1) is 10.2 Å². The van der Waals surface area contributed by atoms with Crippen LogP contribution in [0.2, 0.25) is 0 Å². The molecular formula is C21H26N4O3S. The van der Waals surface area contributed by atoms with E-state index in [-0.39, 0.29) is 11.9 Å². The SMILES string of the molecule is CCC(C)NC(=O)CCCSc1nnc(-c2ccco2)n1-c1ccc(OC)cc1. The molecule has 1 unspecified atom stereocenters. The van der Waals surface area contributed by atoms with Gasteiger partial charge in [-0.1, -0.05) is 18.7 Å². The third kappa shape index (κ3) is 5.41. The van der Waals surface area contributed by atoms with E-state index in [0.29, 0.717) is 18.0 Å². The largest absolute Gasteiger partial charge is 0.497 e. The number of carbonyl (C=O) groups excluding carboxylic acids is 1. The van der Waals surface area contributed by atoms with Crippen LogP contribution in [0.3, 0.4) is 0 Å². The number of amides is 1. The molecule has 1 aromatic carbocycles. The van der Waals surface area contributed by atoms with Crippen molar-refractivity contribution >= 4 is 17.7 Å². The fraction of sp³-hybridized carbons (Fsp3) is 0.381. The number of aromatic nitrogens is 3. The molecule has 0 bridgehead atoms. The quantitative estimate of drug-likeness (QED) is 0.393. The maximum Gasteiger partial charge on any atom is 0.220 e. The molecule has 7 nitrogen and oxygen atoms in total. The van der Waals surface area contributed by atoms with Gasteiger partial charge in [0.1, 0.15) is 5.75 Å². The molecular weight excluding hydrogens is 388 g/mol. The first-order chi connectivity index (χ1) is 14.1. The number of hydrogen-bond acceptors (Lipinski definition) is 6. The van der Waals surface area contributed by atoms with Crippen LogP contribution in [0.1, 0.15) is 33.1 Å². The molecule has 0 spiro atoms. The lowest BCUT2D eigenvalue weighted by molar-refractivity contribution is -0.121. The average Bonchev–Trinajstić information content (AvgIpc) is 3.41. The second kappa shape index (κ2) is 10.2. The molecule has 8 heteroatoms. The third-order valence-corrected chi connectivity index (χ3v) is 5.52. The summed E-state index contributed by atoms with van der Waals surface area (Å²) in [6.45, 7) is 4.07. The summed E-state index contributed by atoms with van der Waals surface area (Å²) >= 11 is 1.57. The van der Waals surface area contributed by atoms with Crippen molar-refractivity contribution in [3.8, 4) is 23.0 Å². The average molecular weight is 415 g/mol. The summed E-state index contributed by atoms with van der Waals surface area (Å²) < 4.78 is 12.7. The molecule has 0 saturated carbocycles. The van der Waals surface area contributed by atoms with Crippen LogP contribution in [-0.2, 0) is 4.79 Å². The highest BCUT2D eigenvalue weighted by Crippen LogP contribution is 2.29. The van der Waals surface area contributed by atoms with Crippen molar-refractivity contribution in [1.29, 1.82) is 0 Å². The number of nitrogens with zero attached hydrogens (tertiary/aromatic N) is 3. The second-order valence-electron chi connectivity index (χ2n) is 6.65. The first-order valence-corrected chi connectivity index (χ1v) is 10.7. The van der Waals surface area contributed by atoms with E-state index in [0.717, 1.165) is 35.2 Å². The molecule has 1 N–H and O–H groups in total. The normalized spacial score (nSPS) is 12.0. The number of nitrogens with one attached hydrogen (secondary N) is 1. The van der Waals surface area contributed by atoms with E-state index in [2.05, 4.69) is 22.4 Å². The van der Waals surface area contributed by atoms with Gasteiger partial charge in [-0.05, 0) is 56.2 Å². The summed E-state index contributed by atoms with van der Waals surface area (Å²) in [5.74, 6) is 2.92. The molecule has 1 atom stereocenters. The molecule has 3 rings (SSSR count). The van der Waals surface area contributed by atoms with Gasteiger partial charge in [0, 0.05) is 18.2 Å². The number of thioether (sulfide) groups is 1. The topological polar surface area (TPSA) is 82.2 Å². The van der Waals surface area contributed by atoms with Crippen molar-refractivity contribution in [2.24, 2.45) is 0 Å². The molecule has 3 aromatic rings. The van der Waals surface area contributed by atoms with E-state index in [4.69, 9.17) is 9.15 Å². The minimum Gasteiger partial charge on any atom is -0.497 e. The fourth-order valence-corrected chi connectivity index (χ4v) is 3.63. The molecule has 1 amide bonds. The van der Waals surface area contributed by atoms with Crippen LogP contribution in [0.4, 0.5) is 0 Å². The monoisotopic (exact) mass is 414 g/mol. The highest BCUT2D eigenvalue weighted by atomic mass is 32.2. The predicted molar refractivity (Wildman–Crippen MR) is 113 cm³/mol. The van der Waals surface area contributed by atoms with Crippen LogP contribution in [0.15, 0.2) is 52.2 Å². The minimum absolute atomic E-state index is 0.0906. The number of methoxy groups -OCH3 is 1. The molecule has 0 aliphatic carbocycles. The highest BCUT2D eigenvalue weighted by molar-refractivity contribution is 7.99. The van der Waals surface area contributed by atoms with E-state index in [1.807, 2.05) is 47.9 Å². The highest BCUT2D eigenvalue weighted by Gasteiger charge is 2.18. The molecule has 0 aliphatic rings. The Labute approximate surface area is 174 Å². The van der Waals surface area contributed by atoms with Crippen LogP contribution in [-0.4, -0.2) is 39.6 Å². The Hall–Kier alpha value is -2.74. The van der Waals surface area contributed by atoms with Gasteiger partial charge in [0.25, 0.3) is 0 Å². The van der Waals surface area contributed by atoms with Gasteiger partial charge in [-0.3, -0.25) is 9.36 Å². The van der Waals surface area contributed by atoms with Gasteiger partial charge in [0.15, 0.2) is 10.9 Å². The molecule has 0 aliphatic heterocycles. The maximum absolute atomic E-state index is 12.0. The Morgan fingerprint density at radius 1 is 1.28 bits per heavy atom. The Bertz CT molecular complexity index is 907. The molecule has 154 valence electrons. The summed E-state index contributed by atoms with van der Waals surface area (Å²) in [6.07, 6.45) is 3.81. The molecule has 2 heterocycles. The van der Waals surface area contributed by atoms with Crippen LogP contribution in [0.5, 0.6) is 5.75 Å². The Morgan fingerprint density at radius 3 is 2.72 bits per heavy atom. The number of ether oxygens (including phenoxy) is 1. The Kier molecular flexibility index (Phi) is 7.35. The summed E-state index contributed by atoms with van der Waals surface area (Å²) in [6, 6.07) is 11.6. The van der Waals surface area contributed by atoms with Gasteiger partial charge in [-0.25, -0.2) is 0 Å².